The maximum Gasteiger partial charge on any atom is 0.252 e. The quantitative estimate of drug-likeness (QED) is 0.708. The summed E-state index contributed by atoms with van der Waals surface area (Å²) in [6.45, 7) is 2.93. The first-order valence-corrected chi connectivity index (χ1v) is 5.20. The molecule has 3 heteroatoms. The highest BCUT2D eigenvalue weighted by molar-refractivity contribution is 5.17. The zero-order valence-electron chi connectivity index (χ0n) is 8.47. The van der Waals surface area contributed by atoms with Crippen molar-refractivity contribution in [2.24, 2.45) is 0 Å². The predicted octanol–water partition coefficient (Wildman–Crippen LogP) is 1.50. The summed E-state index contributed by atoms with van der Waals surface area (Å²) in [6.07, 6.45) is 3.51. The van der Waals surface area contributed by atoms with Crippen LogP contribution in [-0.4, -0.2) is 11.5 Å². The van der Waals surface area contributed by atoms with Crippen LogP contribution in [0.3, 0.4) is 0 Å². The molecule has 1 aliphatic heterocycles. The zero-order valence-corrected chi connectivity index (χ0v) is 8.47. The van der Waals surface area contributed by atoms with Crippen molar-refractivity contribution >= 4 is 0 Å². The lowest BCUT2D eigenvalue weighted by atomic mass is 9.98. The Balaban J connectivity index is 2.26. The van der Waals surface area contributed by atoms with Gasteiger partial charge in [0, 0.05) is 17.3 Å². The molecule has 1 aromatic heterocycles. The minimum atomic E-state index is 0.0596. The largest absolute Gasteiger partial charge is 0.326 e. The maximum atomic E-state index is 11.6. The molecule has 76 valence electrons. The normalized spacial score (nSPS) is 22.2. The van der Waals surface area contributed by atoms with Gasteiger partial charge in [-0.25, -0.2) is 0 Å². The summed E-state index contributed by atoms with van der Waals surface area (Å²) in [4.78, 5) is 14.5. The number of aryl methyl sites for hydroxylation is 1. The number of hydrogen-bond donors (Lipinski definition) is 2. The summed E-state index contributed by atoms with van der Waals surface area (Å²) in [7, 11) is 0. The van der Waals surface area contributed by atoms with Crippen LogP contribution in [0.4, 0.5) is 0 Å². The van der Waals surface area contributed by atoms with Crippen molar-refractivity contribution < 1.29 is 0 Å². The fourth-order valence-electron chi connectivity index (χ4n) is 1.98. The molecule has 0 aliphatic carbocycles. The van der Waals surface area contributed by atoms with Crippen LogP contribution in [0.2, 0.25) is 0 Å². The molecule has 1 aromatic rings. The smallest absolute Gasteiger partial charge is 0.252 e. The van der Waals surface area contributed by atoms with Crippen molar-refractivity contribution in [2.75, 3.05) is 6.54 Å². The van der Waals surface area contributed by atoms with Crippen LogP contribution in [0.15, 0.2) is 16.9 Å². The molecule has 0 spiro atoms. The number of aromatic amines is 1. The second kappa shape index (κ2) is 3.96. The number of pyridine rings is 1. The molecule has 0 amide bonds. The standard InChI is InChI=1S/C11H16N2O/c1-8-5-6-9(11(14)13-8)10-4-2-3-7-12-10/h5-6,10,12H,2-4,7H2,1H3,(H,13,14)/t10-/m1/s1. The Labute approximate surface area is 83.5 Å². The first kappa shape index (κ1) is 9.46. The van der Waals surface area contributed by atoms with E-state index in [-0.39, 0.29) is 11.6 Å². The molecule has 2 N–H and O–H groups in total. The van der Waals surface area contributed by atoms with E-state index in [4.69, 9.17) is 0 Å². The first-order chi connectivity index (χ1) is 6.77. The summed E-state index contributed by atoms with van der Waals surface area (Å²) in [5.41, 5.74) is 1.87. The Hall–Kier alpha value is -1.09. The molecule has 14 heavy (non-hydrogen) atoms. The van der Waals surface area contributed by atoms with Crippen molar-refractivity contribution in [1.29, 1.82) is 0 Å². The molecular formula is C11H16N2O. The SMILES string of the molecule is Cc1ccc([C@H]2CCCCN2)c(=O)[nH]1. The average molecular weight is 192 g/mol. The van der Waals surface area contributed by atoms with Gasteiger partial charge in [-0.3, -0.25) is 4.79 Å². The zero-order chi connectivity index (χ0) is 9.97. The van der Waals surface area contributed by atoms with Gasteiger partial charge >= 0.3 is 0 Å². The van der Waals surface area contributed by atoms with Crippen molar-refractivity contribution in [3.05, 3.63) is 33.7 Å². The van der Waals surface area contributed by atoms with Crippen molar-refractivity contribution in [2.45, 2.75) is 32.2 Å². The van der Waals surface area contributed by atoms with Gasteiger partial charge in [0.2, 0.25) is 0 Å². The number of H-pyrrole nitrogens is 1. The topological polar surface area (TPSA) is 44.9 Å². The Kier molecular flexibility index (Phi) is 2.68. The van der Waals surface area contributed by atoms with E-state index in [0.29, 0.717) is 0 Å². The summed E-state index contributed by atoms with van der Waals surface area (Å²) in [5.74, 6) is 0. The van der Waals surface area contributed by atoms with Gasteiger partial charge in [-0.15, -0.1) is 0 Å². The number of nitrogens with one attached hydrogen (secondary N) is 2. The fourth-order valence-corrected chi connectivity index (χ4v) is 1.98. The van der Waals surface area contributed by atoms with Crippen LogP contribution in [0.25, 0.3) is 0 Å². The van der Waals surface area contributed by atoms with E-state index in [1.54, 1.807) is 0 Å². The molecule has 0 radical (unpaired) electrons. The lowest BCUT2D eigenvalue weighted by Crippen LogP contribution is -2.31. The molecule has 1 saturated heterocycles. The van der Waals surface area contributed by atoms with Crippen LogP contribution in [0, 0.1) is 6.92 Å². The van der Waals surface area contributed by atoms with E-state index in [9.17, 15) is 4.79 Å². The minimum absolute atomic E-state index is 0.0596. The molecule has 0 aromatic carbocycles. The van der Waals surface area contributed by atoms with E-state index in [1.807, 2.05) is 19.1 Å². The van der Waals surface area contributed by atoms with Gasteiger partial charge in [0.05, 0.1) is 0 Å². The third-order valence-corrected chi connectivity index (χ3v) is 2.77. The number of piperidine rings is 1. The molecule has 1 fully saturated rings. The lowest BCUT2D eigenvalue weighted by Gasteiger charge is -2.22. The molecule has 0 bridgehead atoms. The average Bonchev–Trinajstić information content (AvgIpc) is 2.19. The molecule has 1 atom stereocenters. The van der Waals surface area contributed by atoms with Gasteiger partial charge in [0.1, 0.15) is 0 Å². The van der Waals surface area contributed by atoms with Gasteiger partial charge < -0.3 is 10.3 Å². The monoisotopic (exact) mass is 192 g/mol. The van der Waals surface area contributed by atoms with Crippen molar-refractivity contribution in [3.8, 4) is 0 Å². The molecule has 0 saturated carbocycles. The van der Waals surface area contributed by atoms with Crippen molar-refractivity contribution in [1.82, 2.24) is 10.3 Å². The summed E-state index contributed by atoms with van der Waals surface area (Å²) in [6, 6.07) is 4.16. The molecule has 0 unspecified atom stereocenters. The Morgan fingerprint density at radius 2 is 2.21 bits per heavy atom. The van der Waals surface area contributed by atoms with Crippen LogP contribution < -0.4 is 10.9 Å². The summed E-state index contributed by atoms with van der Waals surface area (Å²) in [5, 5.41) is 3.38. The Bertz CT molecular complexity index is 364. The minimum Gasteiger partial charge on any atom is -0.326 e. The molecular weight excluding hydrogens is 176 g/mol. The Morgan fingerprint density at radius 1 is 1.36 bits per heavy atom. The first-order valence-electron chi connectivity index (χ1n) is 5.20. The fraction of sp³-hybridized carbons (Fsp3) is 0.545. The summed E-state index contributed by atoms with van der Waals surface area (Å²) >= 11 is 0. The van der Waals surface area contributed by atoms with Crippen LogP contribution in [0.1, 0.15) is 36.6 Å². The summed E-state index contributed by atoms with van der Waals surface area (Å²) < 4.78 is 0. The van der Waals surface area contributed by atoms with Gasteiger partial charge in [0.15, 0.2) is 0 Å². The Morgan fingerprint density at radius 3 is 2.86 bits per heavy atom. The second-order valence-corrected chi connectivity index (χ2v) is 3.93. The highest BCUT2D eigenvalue weighted by Crippen LogP contribution is 2.19. The predicted molar refractivity (Wildman–Crippen MR) is 56.4 cm³/mol. The van der Waals surface area contributed by atoms with Crippen LogP contribution in [0.5, 0.6) is 0 Å². The van der Waals surface area contributed by atoms with Crippen LogP contribution >= 0.6 is 0 Å². The highest BCUT2D eigenvalue weighted by Gasteiger charge is 2.16. The third-order valence-electron chi connectivity index (χ3n) is 2.77. The third kappa shape index (κ3) is 1.87. The van der Waals surface area contributed by atoms with Crippen LogP contribution in [-0.2, 0) is 0 Å². The maximum absolute atomic E-state index is 11.6. The van der Waals surface area contributed by atoms with E-state index >= 15 is 0 Å². The molecule has 1 aliphatic rings. The lowest BCUT2D eigenvalue weighted by molar-refractivity contribution is 0.409. The molecule has 2 rings (SSSR count). The second-order valence-electron chi connectivity index (χ2n) is 3.93. The van der Waals surface area contributed by atoms with Gasteiger partial charge in [-0.1, -0.05) is 12.5 Å². The van der Waals surface area contributed by atoms with Gasteiger partial charge in [-0.2, -0.15) is 0 Å². The van der Waals surface area contributed by atoms with Gasteiger partial charge in [0.25, 0.3) is 5.56 Å². The van der Waals surface area contributed by atoms with E-state index in [0.717, 1.165) is 24.2 Å². The number of hydrogen-bond acceptors (Lipinski definition) is 2. The van der Waals surface area contributed by atoms with E-state index < -0.39 is 0 Å². The molecule has 2 heterocycles. The van der Waals surface area contributed by atoms with E-state index in [2.05, 4.69) is 10.3 Å². The van der Waals surface area contributed by atoms with E-state index in [1.165, 1.54) is 12.8 Å². The number of rotatable bonds is 1. The van der Waals surface area contributed by atoms with Crippen molar-refractivity contribution in [3.63, 3.8) is 0 Å². The van der Waals surface area contributed by atoms with Gasteiger partial charge in [-0.05, 0) is 32.4 Å². The highest BCUT2D eigenvalue weighted by atomic mass is 16.1. The molecule has 3 nitrogen and oxygen atoms in total. The number of aromatic nitrogens is 1.